The Labute approximate surface area is 107 Å². The van der Waals surface area contributed by atoms with Gasteiger partial charge in [0.15, 0.2) is 0 Å². The summed E-state index contributed by atoms with van der Waals surface area (Å²) in [7, 11) is 0. The number of allylic oxidation sites excluding steroid dienone is 2. The molecule has 4 heteroatoms. The van der Waals surface area contributed by atoms with Crippen molar-refractivity contribution < 1.29 is 9.53 Å². The van der Waals surface area contributed by atoms with Crippen molar-refractivity contribution in [3.05, 3.63) is 29.9 Å². The van der Waals surface area contributed by atoms with Gasteiger partial charge in [-0.2, -0.15) is 0 Å². The van der Waals surface area contributed by atoms with Crippen molar-refractivity contribution in [1.82, 2.24) is 9.97 Å². The number of hydrogen-bond donors (Lipinski definition) is 0. The number of carbonyl (C=O) groups excluding carboxylic acids is 1. The molecular formula is C14H18N2O2. The van der Waals surface area contributed by atoms with E-state index in [1.165, 1.54) is 5.57 Å². The normalized spacial score (nSPS) is 19.2. The van der Waals surface area contributed by atoms with Gasteiger partial charge in [0, 0.05) is 6.20 Å². The van der Waals surface area contributed by atoms with Gasteiger partial charge in [-0.15, -0.1) is 0 Å². The lowest BCUT2D eigenvalue weighted by atomic mass is 9.88. The van der Waals surface area contributed by atoms with Crippen LogP contribution in [0.3, 0.4) is 0 Å². The predicted octanol–water partition coefficient (Wildman–Crippen LogP) is 2.53. The smallest absolute Gasteiger partial charge is 0.309 e. The zero-order valence-corrected chi connectivity index (χ0v) is 10.8. The molecule has 0 unspecified atom stereocenters. The Bertz CT molecular complexity index is 469. The number of aryl methyl sites for hydroxylation is 1. The highest BCUT2D eigenvalue weighted by Crippen LogP contribution is 2.29. The molecule has 0 saturated carbocycles. The highest BCUT2D eigenvalue weighted by molar-refractivity contribution is 5.75. The van der Waals surface area contributed by atoms with E-state index in [1.54, 1.807) is 6.20 Å². The third-order valence-electron chi connectivity index (χ3n) is 3.14. The van der Waals surface area contributed by atoms with Crippen LogP contribution in [0, 0.1) is 12.8 Å². The van der Waals surface area contributed by atoms with Crippen LogP contribution in [-0.2, 0) is 9.53 Å². The van der Waals surface area contributed by atoms with E-state index in [0.29, 0.717) is 6.61 Å². The molecule has 18 heavy (non-hydrogen) atoms. The van der Waals surface area contributed by atoms with E-state index >= 15 is 0 Å². The summed E-state index contributed by atoms with van der Waals surface area (Å²) < 4.78 is 5.05. The summed E-state index contributed by atoms with van der Waals surface area (Å²) in [6.07, 6.45) is 6.34. The molecule has 2 rings (SSSR count). The zero-order chi connectivity index (χ0) is 13.0. The van der Waals surface area contributed by atoms with Gasteiger partial charge < -0.3 is 4.74 Å². The van der Waals surface area contributed by atoms with Crippen LogP contribution in [-0.4, -0.2) is 22.5 Å². The van der Waals surface area contributed by atoms with Crippen molar-refractivity contribution in [2.45, 2.75) is 33.1 Å². The molecule has 96 valence electrons. The maximum absolute atomic E-state index is 11.6. The van der Waals surface area contributed by atoms with E-state index in [9.17, 15) is 4.79 Å². The Kier molecular flexibility index (Phi) is 4.07. The molecule has 0 N–H and O–H groups in total. The number of carbonyl (C=O) groups is 1. The standard InChI is InChI=1S/C14H18N2O2/c1-3-18-14(17)12-6-4-11(5-7-12)13-8-9-15-10(2)16-13/h4,8-9,12H,3,5-7H2,1-2H3/t12-/m0/s1. The molecule has 1 atom stereocenters. The number of nitrogens with zero attached hydrogens (tertiary/aromatic N) is 2. The van der Waals surface area contributed by atoms with Crippen LogP contribution < -0.4 is 0 Å². The maximum Gasteiger partial charge on any atom is 0.309 e. The summed E-state index contributed by atoms with van der Waals surface area (Å²) in [4.78, 5) is 20.1. The molecule has 1 aromatic heterocycles. The largest absolute Gasteiger partial charge is 0.466 e. The van der Waals surface area contributed by atoms with Gasteiger partial charge in [-0.1, -0.05) is 6.08 Å². The zero-order valence-electron chi connectivity index (χ0n) is 10.8. The SMILES string of the molecule is CCOC(=O)[C@H]1CC=C(c2ccnc(C)n2)CC1. The predicted molar refractivity (Wildman–Crippen MR) is 68.7 cm³/mol. The second-order valence-corrected chi connectivity index (χ2v) is 4.44. The summed E-state index contributed by atoms with van der Waals surface area (Å²) in [5.74, 6) is 0.712. The van der Waals surface area contributed by atoms with Crippen molar-refractivity contribution >= 4 is 11.5 Å². The summed E-state index contributed by atoms with van der Waals surface area (Å²) in [5.41, 5.74) is 2.19. The van der Waals surface area contributed by atoms with Crippen molar-refractivity contribution in [1.29, 1.82) is 0 Å². The molecule has 0 radical (unpaired) electrons. The molecule has 1 aliphatic rings. The highest BCUT2D eigenvalue weighted by atomic mass is 16.5. The van der Waals surface area contributed by atoms with Gasteiger partial charge in [0.2, 0.25) is 0 Å². The Morgan fingerprint density at radius 2 is 2.39 bits per heavy atom. The minimum Gasteiger partial charge on any atom is -0.466 e. The second kappa shape index (κ2) is 5.76. The Balaban J connectivity index is 2.05. The lowest BCUT2D eigenvalue weighted by Gasteiger charge is -2.20. The molecule has 0 amide bonds. The molecule has 0 bridgehead atoms. The van der Waals surface area contributed by atoms with Crippen LogP contribution in [0.2, 0.25) is 0 Å². The van der Waals surface area contributed by atoms with Crippen LogP contribution in [0.4, 0.5) is 0 Å². The van der Waals surface area contributed by atoms with Crippen molar-refractivity contribution in [3.8, 4) is 0 Å². The molecule has 1 heterocycles. The third-order valence-corrected chi connectivity index (χ3v) is 3.14. The molecule has 4 nitrogen and oxygen atoms in total. The Morgan fingerprint density at radius 1 is 1.56 bits per heavy atom. The fourth-order valence-electron chi connectivity index (χ4n) is 2.18. The fraction of sp³-hybridized carbons (Fsp3) is 0.500. The van der Waals surface area contributed by atoms with Gasteiger partial charge in [-0.3, -0.25) is 4.79 Å². The summed E-state index contributed by atoms with van der Waals surface area (Å²) in [5, 5.41) is 0. The van der Waals surface area contributed by atoms with Gasteiger partial charge in [0.05, 0.1) is 18.2 Å². The highest BCUT2D eigenvalue weighted by Gasteiger charge is 2.23. The second-order valence-electron chi connectivity index (χ2n) is 4.44. The van der Waals surface area contributed by atoms with E-state index < -0.39 is 0 Å². The molecule has 1 aromatic rings. The van der Waals surface area contributed by atoms with E-state index in [0.717, 1.165) is 30.8 Å². The lowest BCUT2D eigenvalue weighted by molar-refractivity contribution is -0.148. The van der Waals surface area contributed by atoms with Gasteiger partial charge in [-0.05, 0) is 44.7 Å². The van der Waals surface area contributed by atoms with E-state index in [4.69, 9.17) is 4.74 Å². The summed E-state index contributed by atoms with van der Waals surface area (Å²) in [6, 6.07) is 1.92. The lowest BCUT2D eigenvalue weighted by Crippen LogP contribution is -2.19. The first kappa shape index (κ1) is 12.7. The monoisotopic (exact) mass is 246 g/mol. The maximum atomic E-state index is 11.6. The molecule has 0 spiro atoms. The molecule has 0 aromatic carbocycles. The number of aromatic nitrogens is 2. The van der Waals surface area contributed by atoms with Crippen molar-refractivity contribution in [3.63, 3.8) is 0 Å². The average molecular weight is 246 g/mol. The Morgan fingerprint density at radius 3 is 3.00 bits per heavy atom. The quantitative estimate of drug-likeness (QED) is 0.769. The fourth-order valence-corrected chi connectivity index (χ4v) is 2.18. The van der Waals surface area contributed by atoms with Crippen LogP contribution in [0.1, 0.15) is 37.7 Å². The van der Waals surface area contributed by atoms with Gasteiger partial charge in [-0.25, -0.2) is 9.97 Å². The number of hydrogen-bond acceptors (Lipinski definition) is 4. The molecule has 1 aliphatic carbocycles. The molecule has 0 aliphatic heterocycles. The minimum atomic E-state index is -0.0772. The summed E-state index contributed by atoms with van der Waals surface area (Å²) >= 11 is 0. The van der Waals surface area contributed by atoms with Gasteiger partial charge in [0.1, 0.15) is 5.82 Å². The topological polar surface area (TPSA) is 52.1 Å². The minimum absolute atomic E-state index is 0.0108. The van der Waals surface area contributed by atoms with Crippen LogP contribution in [0.25, 0.3) is 5.57 Å². The molecule has 0 saturated heterocycles. The van der Waals surface area contributed by atoms with Crippen LogP contribution in [0.5, 0.6) is 0 Å². The third kappa shape index (κ3) is 2.94. The number of rotatable bonds is 3. The number of ether oxygens (including phenoxy) is 1. The summed E-state index contributed by atoms with van der Waals surface area (Å²) in [6.45, 7) is 4.18. The average Bonchev–Trinajstić information content (AvgIpc) is 2.39. The Hall–Kier alpha value is -1.71. The van der Waals surface area contributed by atoms with E-state index in [1.807, 2.05) is 19.9 Å². The van der Waals surface area contributed by atoms with Crippen LogP contribution in [0.15, 0.2) is 18.3 Å². The number of esters is 1. The molecule has 0 fully saturated rings. The first-order valence-electron chi connectivity index (χ1n) is 6.36. The first-order chi connectivity index (χ1) is 8.70. The van der Waals surface area contributed by atoms with Crippen molar-refractivity contribution in [2.75, 3.05) is 6.61 Å². The van der Waals surface area contributed by atoms with Gasteiger partial charge >= 0.3 is 5.97 Å². The van der Waals surface area contributed by atoms with Crippen molar-refractivity contribution in [2.24, 2.45) is 5.92 Å². The van der Waals surface area contributed by atoms with E-state index in [-0.39, 0.29) is 11.9 Å². The first-order valence-corrected chi connectivity index (χ1v) is 6.36. The molecular weight excluding hydrogens is 228 g/mol. The van der Waals surface area contributed by atoms with Crippen LogP contribution >= 0.6 is 0 Å². The van der Waals surface area contributed by atoms with E-state index in [2.05, 4.69) is 16.0 Å². The van der Waals surface area contributed by atoms with Gasteiger partial charge in [0.25, 0.3) is 0 Å².